The van der Waals surface area contributed by atoms with Crippen molar-refractivity contribution in [3.63, 3.8) is 0 Å². The Hall–Kier alpha value is -4.00. The molecular weight excluding hydrogens is 524 g/mol. The second-order valence-corrected chi connectivity index (χ2v) is 9.78. The van der Waals surface area contributed by atoms with Crippen LogP contribution in [0.25, 0.3) is 22.5 Å². The minimum Gasteiger partial charge on any atom is -0.494 e. The van der Waals surface area contributed by atoms with Gasteiger partial charge in [-0.3, -0.25) is 0 Å². The molecule has 0 N–H and O–H groups in total. The summed E-state index contributed by atoms with van der Waals surface area (Å²) < 4.78 is 23.0. The SMILES string of the molecule is C=CC(C=C)OCCCCCOc1ccc(-c2cnc(-c3ccc(OCCCCCOC(C=C)C=C)cc3)nc2)cc1. The van der Waals surface area contributed by atoms with Crippen LogP contribution in [0.3, 0.4) is 0 Å². The van der Waals surface area contributed by atoms with Crippen molar-refractivity contribution in [3.05, 3.63) is 112 Å². The maximum atomic E-state index is 5.89. The van der Waals surface area contributed by atoms with E-state index in [1.807, 2.05) is 60.9 Å². The summed E-state index contributed by atoms with van der Waals surface area (Å²) in [7, 11) is 0. The van der Waals surface area contributed by atoms with E-state index in [2.05, 4.69) is 36.3 Å². The third-order valence-electron chi connectivity index (χ3n) is 6.62. The molecule has 222 valence electrons. The first-order valence-corrected chi connectivity index (χ1v) is 14.7. The van der Waals surface area contributed by atoms with Crippen molar-refractivity contribution in [1.82, 2.24) is 9.97 Å². The highest BCUT2D eigenvalue weighted by atomic mass is 16.5. The third kappa shape index (κ3) is 11.5. The Morgan fingerprint density at radius 1 is 0.500 bits per heavy atom. The highest BCUT2D eigenvalue weighted by Gasteiger charge is 2.05. The van der Waals surface area contributed by atoms with Crippen molar-refractivity contribution in [2.45, 2.75) is 50.7 Å². The maximum Gasteiger partial charge on any atom is 0.159 e. The third-order valence-corrected chi connectivity index (χ3v) is 6.62. The fourth-order valence-electron chi connectivity index (χ4n) is 4.12. The summed E-state index contributed by atoms with van der Waals surface area (Å²) in [4.78, 5) is 9.17. The van der Waals surface area contributed by atoms with Crippen LogP contribution >= 0.6 is 0 Å². The van der Waals surface area contributed by atoms with Crippen molar-refractivity contribution in [2.75, 3.05) is 26.4 Å². The van der Waals surface area contributed by atoms with E-state index >= 15 is 0 Å². The lowest BCUT2D eigenvalue weighted by atomic mass is 10.1. The molecule has 42 heavy (non-hydrogen) atoms. The lowest BCUT2D eigenvalue weighted by Gasteiger charge is -2.10. The van der Waals surface area contributed by atoms with Crippen molar-refractivity contribution in [3.8, 4) is 34.0 Å². The highest BCUT2D eigenvalue weighted by Crippen LogP contribution is 2.24. The largest absolute Gasteiger partial charge is 0.494 e. The molecule has 1 heterocycles. The normalized spacial score (nSPS) is 10.9. The quantitative estimate of drug-likeness (QED) is 0.0895. The zero-order valence-electron chi connectivity index (χ0n) is 24.7. The van der Waals surface area contributed by atoms with Crippen LogP contribution in [0.15, 0.2) is 112 Å². The fourth-order valence-corrected chi connectivity index (χ4v) is 4.12. The van der Waals surface area contributed by atoms with Gasteiger partial charge in [0.05, 0.1) is 25.4 Å². The van der Waals surface area contributed by atoms with E-state index in [9.17, 15) is 0 Å². The Bertz CT molecular complexity index is 1090. The predicted molar refractivity (Wildman–Crippen MR) is 172 cm³/mol. The van der Waals surface area contributed by atoms with E-state index in [1.165, 1.54) is 0 Å². The van der Waals surface area contributed by atoms with Crippen molar-refractivity contribution in [2.24, 2.45) is 0 Å². The molecule has 0 aliphatic heterocycles. The van der Waals surface area contributed by atoms with Crippen molar-refractivity contribution >= 4 is 0 Å². The zero-order valence-corrected chi connectivity index (χ0v) is 24.7. The number of rotatable bonds is 22. The Labute approximate surface area is 251 Å². The summed E-state index contributed by atoms with van der Waals surface area (Å²) in [6.07, 6.45) is 16.6. The fraction of sp³-hybridized carbons (Fsp3) is 0.333. The molecule has 6 nitrogen and oxygen atoms in total. The van der Waals surface area contributed by atoms with Gasteiger partial charge in [-0.15, -0.1) is 26.3 Å². The van der Waals surface area contributed by atoms with Gasteiger partial charge in [0.25, 0.3) is 0 Å². The first kappa shape index (κ1) is 32.5. The summed E-state index contributed by atoms with van der Waals surface area (Å²) in [6, 6.07) is 15.9. The van der Waals surface area contributed by atoms with Crippen LogP contribution in [-0.4, -0.2) is 48.6 Å². The average molecular weight is 569 g/mol. The van der Waals surface area contributed by atoms with Crippen LogP contribution in [0.5, 0.6) is 11.5 Å². The number of hydrogen-bond donors (Lipinski definition) is 0. The highest BCUT2D eigenvalue weighted by molar-refractivity contribution is 5.64. The van der Waals surface area contributed by atoms with E-state index in [1.54, 1.807) is 24.3 Å². The van der Waals surface area contributed by atoms with Gasteiger partial charge in [-0.25, -0.2) is 9.97 Å². The van der Waals surface area contributed by atoms with Gasteiger partial charge >= 0.3 is 0 Å². The summed E-state index contributed by atoms with van der Waals surface area (Å²) in [5.74, 6) is 2.37. The molecule has 0 aliphatic rings. The van der Waals surface area contributed by atoms with Crippen LogP contribution in [0.4, 0.5) is 0 Å². The van der Waals surface area contributed by atoms with E-state index in [0.717, 1.165) is 66.7 Å². The minimum absolute atomic E-state index is 0.0696. The van der Waals surface area contributed by atoms with Gasteiger partial charge in [0.15, 0.2) is 5.82 Å². The average Bonchev–Trinajstić information content (AvgIpc) is 3.04. The summed E-state index contributed by atoms with van der Waals surface area (Å²) in [6.45, 7) is 17.6. The molecule has 0 saturated carbocycles. The molecule has 0 saturated heterocycles. The lowest BCUT2D eigenvalue weighted by Crippen LogP contribution is -2.07. The van der Waals surface area contributed by atoms with E-state index in [4.69, 9.17) is 18.9 Å². The molecule has 1 aromatic heterocycles. The van der Waals surface area contributed by atoms with Gasteiger partial charge in [-0.05, 0) is 80.5 Å². The van der Waals surface area contributed by atoms with Crippen LogP contribution in [0.2, 0.25) is 0 Å². The number of ether oxygens (including phenoxy) is 4. The molecule has 0 spiro atoms. The van der Waals surface area contributed by atoms with Gasteiger partial charge in [0.1, 0.15) is 11.5 Å². The molecule has 0 aliphatic carbocycles. The summed E-state index contributed by atoms with van der Waals surface area (Å²) in [5, 5.41) is 0. The first-order chi connectivity index (χ1) is 20.7. The molecule has 0 amide bonds. The minimum atomic E-state index is -0.0709. The number of unbranched alkanes of at least 4 members (excludes halogenated alkanes) is 4. The summed E-state index contributed by atoms with van der Waals surface area (Å²) in [5.41, 5.74) is 2.95. The number of nitrogens with zero attached hydrogens (tertiary/aromatic N) is 2. The van der Waals surface area contributed by atoms with Crippen LogP contribution in [-0.2, 0) is 9.47 Å². The molecule has 0 unspecified atom stereocenters. The molecule has 0 atom stereocenters. The Morgan fingerprint density at radius 3 is 1.33 bits per heavy atom. The Balaban J connectivity index is 1.35. The van der Waals surface area contributed by atoms with Gasteiger partial charge in [0.2, 0.25) is 0 Å². The van der Waals surface area contributed by atoms with E-state index in [-0.39, 0.29) is 12.2 Å². The zero-order chi connectivity index (χ0) is 29.8. The van der Waals surface area contributed by atoms with Crippen molar-refractivity contribution < 1.29 is 18.9 Å². The molecule has 0 fully saturated rings. The number of aromatic nitrogens is 2. The number of benzene rings is 2. The van der Waals surface area contributed by atoms with Crippen LogP contribution in [0.1, 0.15) is 38.5 Å². The molecule has 6 heteroatoms. The van der Waals surface area contributed by atoms with Gasteiger partial charge < -0.3 is 18.9 Å². The summed E-state index contributed by atoms with van der Waals surface area (Å²) >= 11 is 0. The lowest BCUT2D eigenvalue weighted by molar-refractivity contribution is 0.111. The molecule has 3 aromatic rings. The van der Waals surface area contributed by atoms with Gasteiger partial charge in [-0.1, -0.05) is 36.4 Å². The molecule has 2 aromatic carbocycles. The maximum absolute atomic E-state index is 5.89. The smallest absolute Gasteiger partial charge is 0.159 e. The van der Waals surface area contributed by atoms with Crippen LogP contribution in [0, 0.1) is 0 Å². The molecule has 3 rings (SSSR count). The molecular formula is C36H44N2O4. The first-order valence-electron chi connectivity index (χ1n) is 14.7. The van der Waals surface area contributed by atoms with E-state index < -0.39 is 0 Å². The molecule has 0 radical (unpaired) electrons. The van der Waals surface area contributed by atoms with Crippen molar-refractivity contribution in [1.29, 1.82) is 0 Å². The second-order valence-electron chi connectivity index (χ2n) is 9.78. The monoisotopic (exact) mass is 568 g/mol. The standard InChI is InChI=1S/C36H44N2O4/c1-5-32(6-2)39-23-11-9-13-25-41-34-19-15-29(16-20-34)31-27-37-36(38-28-31)30-17-21-35(22-18-30)42-26-14-10-12-24-40-33(7-3)8-4/h5-8,15-22,27-28,32-33H,1-4,9-14,23-26H2. The Morgan fingerprint density at radius 2 is 0.905 bits per heavy atom. The second kappa shape index (κ2) is 19.2. The van der Waals surface area contributed by atoms with Gasteiger partial charge in [-0.2, -0.15) is 0 Å². The molecule has 0 bridgehead atoms. The van der Waals surface area contributed by atoms with Crippen LogP contribution < -0.4 is 9.47 Å². The van der Waals surface area contributed by atoms with Gasteiger partial charge in [0, 0.05) is 36.7 Å². The predicted octanol–water partition coefficient (Wildman–Crippen LogP) is 8.42. The number of hydrogen-bond acceptors (Lipinski definition) is 6. The topological polar surface area (TPSA) is 62.7 Å². The Kier molecular flexibility index (Phi) is 14.8. The van der Waals surface area contributed by atoms with E-state index in [0.29, 0.717) is 32.3 Å².